The third-order valence-electron chi connectivity index (χ3n) is 3.96. The van der Waals surface area contributed by atoms with E-state index in [1.807, 2.05) is 12.4 Å². The standard InChI is InChI=1S/C15H23BrN2/c1-12-2-4-13(5-3-12)6-7-17-9-14-8-15(16)11-18-10-14/h8,10-13,17H,2-7,9H2,1H3. The highest BCUT2D eigenvalue weighted by Crippen LogP contribution is 2.29. The van der Waals surface area contributed by atoms with E-state index in [1.165, 1.54) is 37.7 Å². The van der Waals surface area contributed by atoms with Crippen LogP contribution in [0.4, 0.5) is 0 Å². The molecule has 0 radical (unpaired) electrons. The number of aromatic nitrogens is 1. The first-order chi connectivity index (χ1) is 8.74. The summed E-state index contributed by atoms with van der Waals surface area (Å²) >= 11 is 3.45. The maximum absolute atomic E-state index is 4.17. The van der Waals surface area contributed by atoms with Gasteiger partial charge in [0.15, 0.2) is 0 Å². The number of nitrogens with one attached hydrogen (secondary N) is 1. The molecule has 3 heteroatoms. The predicted octanol–water partition coefficient (Wildman–Crippen LogP) is 4.15. The Labute approximate surface area is 119 Å². The molecule has 1 N–H and O–H groups in total. The first-order valence-corrected chi connectivity index (χ1v) is 7.83. The summed E-state index contributed by atoms with van der Waals surface area (Å²) in [4.78, 5) is 4.17. The van der Waals surface area contributed by atoms with Crippen molar-refractivity contribution in [3.8, 4) is 0 Å². The van der Waals surface area contributed by atoms with E-state index in [0.717, 1.165) is 29.4 Å². The molecule has 18 heavy (non-hydrogen) atoms. The molecule has 1 heterocycles. The Morgan fingerprint density at radius 3 is 2.78 bits per heavy atom. The molecule has 1 aromatic heterocycles. The normalized spacial score (nSPS) is 24.1. The van der Waals surface area contributed by atoms with Crippen molar-refractivity contribution in [1.29, 1.82) is 0 Å². The van der Waals surface area contributed by atoms with Crippen LogP contribution < -0.4 is 5.32 Å². The van der Waals surface area contributed by atoms with E-state index in [-0.39, 0.29) is 0 Å². The molecular weight excluding hydrogens is 288 g/mol. The maximum atomic E-state index is 4.17. The van der Waals surface area contributed by atoms with Crippen LogP contribution in [0.3, 0.4) is 0 Å². The molecule has 2 nitrogen and oxygen atoms in total. The van der Waals surface area contributed by atoms with Gasteiger partial charge in [0.05, 0.1) is 0 Å². The zero-order valence-corrected chi connectivity index (χ0v) is 12.7. The Balaban J connectivity index is 1.61. The van der Waals surface area contributed by atoms with Crippen molar-refractivity contribution in [3.05, 3.63) is 28.5 Å². The first kappa shape index (κ1) is 14.0. The van der Waals surface area contributed by atoms with Crippen LogP contribution in [0, 0.1) is 11.8 Å². The summed E-state index contributed by atoms with van der Waals surface area (Å²) in [5, 5.41) is 3.53. The molecule has 0 unspecified atom stereocenters. The molecule has 1 aliphatic rings. The smallest absolute Gasteiger partial charge is 0.0410 e. The zero-order chi connectivity index (χ0) is 12.8. The van der Waals surface area contributed by atoms with Crippen LogP contribution in [-0.4, -0.2) is 11.5 Å². The van der Waals surface area contributed by atoms with E-state index >= 15 is 0 Å². The minimum atomic E-state index is 0.926. The Hall–Kier alpha value is -0.410. The maximum Gasteiger partial charge on any atom is 0.0410 e. The molecule has 0 saturated heterocycles. The van der Waals surface area contributed by atoms with Crippen molar-refractivity contribution in [2.75, 3.05) is 6.54 Å². The summed E-state index contributed by atoms with van der Waals surface area (Å²) in [6.07, 6.45) is 10.8. The number of pyridine rings is 1. The summed E-state index contributed by atoms with van der Waals surface area (Å²) in [6, 6.07) is 2.13. The van der Waals surface area contributed by atoms with Gasteiger partial charge >= 0.3 is 0 Å². The van der Waals surface area contributed by atoms with Crippen LogP contribution in [-0.2, 0) is 6.54 Å². The predicted molar refractivity (Wildman–Crippen MR) is 79.4 cm³/mol. The van der Waals surface area contributed by atoms with Crippen molar-refractivity contribution in [2.24, 2.45) is 11.8 Å². The van der Waals surface area contributed by atoms with Gasteiger partial charge in [-0.3, -0.25) is 4.98 Å². The van der Waals surface area contributed by atoms with Crippen molar-refractivity contribution in [1.82, 2.24) is 10.3 Å². The summed E-state index contributed by atoms with van der Waals surface area (Å²) < 4.78 is 1.06. The SMILES string of the molecule is CC1CCC(CCNCc2cncc(Br)c2)CC1. The Morgan fingerprint density at radius 1 is 1.28 bits per heavy atom. The largest absolute Gasteiger partial charge is 0.313 e. The third kappa shape index (κ3) is 4.69. The second kappa shape index (κ2) is 7.25. The number of halogens is 1. The van der Waals surface area contributed by atoms with Gasteiger partial charge in [-0.2, -0.15) is 0 Å². The average Bonchev–Trinajstić information content (AvgIpc) is 2.37. The third-order valence-corrected chi connectivity index (χ3v) is 4.39. The summed E-state index contributed by atoms with van der Waals surface area (Å²) in [5.41, 5.74) is 1.25. The van der Waals surface area contributed by atoms with Crippen LogP contribution >= 0.6 is 15.9 Å². The molecule has 1 aliphatic carbocycles. The van der Waals surface area contributed by atoms with Crippen molar-refractivity contribution in [3.63, 3.8) is 0 Å². The zero-order valence-electron chi connectivity index (χ0n) is 11.2. The Kier molecular flexibility index (Phi) is 5.64. The second-order valence-corrected chi connectivity index (χ2v) is 6.52. The molecule has 0 spiro atoms. The Bertz CT molecular complexity index is 359. The van der Waals surface area contributed by atoms with Gasteiger partial charge < -0.3 is 5.32 Å². The molecule has 0 atom stereocenters. The lowest BCUT2D eigenvalue weighted by Gasteiger charge is -2.26. The molecule has 0 bridgehead atoms. The van der Waals surface area contributed by atoms with Gasteiger partial charge in [0, 0.05) is 23.4 Å². The molecular formula is C15H23BrN2. The molecule has 0 aliphatic heterocycles. The van der Waals surface area contributed by atoms with Crippen molar-refractivity contribution < 1.29 is 0 Å². The molecule has 100 valence electrons. The number of hydrogen-bond donors (Lipinski definition) is 1. The van der Waals surface area contributed by atoms with Crippen molar-refractivity contribution >= 4 is 15.9 Å². The van der Waals surface area contributed by atoms with Crippen LogP contribution in [0.25, 0.3) is 0 Å². The number of rotatable bonds is 5. The van der Waals surface area contributed by atoms with Gasteiger partial charge in [0.25, 0.3) is 0 Å². The van der Waals surface area contributed by atoms with Gasteiger partial charge in [-0.1, -0.05) is 32.6 Å². The molecule has 1 aromatic rings. The highest BCUT2D eigenvalue weighted by Gasteiger charge is 2.17. The molecule has 1 fully saturated rings. The lowest BCUT2D eigenvalue weighted by atomic mass is 9.81. The van der Waals surface area contributed by atoms with Gasteiger partial charge in [0.2, 0.25) is 0 Å². The molecule has 0 amide bonds. The van der Waals surface area contributed by atoms with Gasteiger partial charge in [-0.15, -0.1) is 0 Å². The second-order valence-electron chi connectivity index (χ2n) is 5.60. The fourth-order valence-electron chi connectivity index (χ4n) is 2.71. The van der Waals surface area contributed by atoms with Crippen LogP contribution in [0.2, 0.25) is 0 Å². The van der Waals surface area contributed by atoms with Crippen molar-refractivity contribution in [2.45, 2.75) is 45.6 Å². The summed E-state index contributed by atoms with van der Waals surface area (Å²) in [6.45, 7) is 4.44. The minimum Gasteiger partial charge on any atom is -0.313 e. The fraction of sp³-hybridized carbons (Fsp3) is 0.667. The minimum absolute atomic E-state index is 0.926. The van der Waals surface area contributed by atoms with E-state index in [9.17, 15) is 0 Å². The first-order valence-electron chi connectivity index (χ1n) is 7.04. The summed E-state index contributed by atoms with van der Waals surface area (Å²) in [7, 11) is 0. The van der Waals surface area contributed by atoms with E-state index in [2.05, 4.69) is 39.2 Å². The number of nitrogens with zero attached hydrogens (tertiary/aromatic N) is 1. The van der Waals surface area contributed by atoms with Gasteiger partial charge in [0.1, 0.15) is 0 Å². The highest BCUT2D eigenvalue weighted by atomic mass is 79.9. The quantitative estimate of drug-likeness (QED) is 0.826. The van der Waals surface area contributed by atoms with E-state index in [0.29, 0.717) is 0 Å². The monoisotopic (exact) mass is 310 g/mol. The summed E-state index contributed by atoms with van der Waals surface area (Å²) in [5.74, 6) is 1.91. The van der Waals surface area contributed by atoms with Crippen LogP contribution in [0.5, 0.6) is 0 Å². The number of hydrogen-bond acceptors (Lipinski definition) is 2. The average molecular weight is 311 g/mol. The topological polar surface area (TPSA) is 24.9 Å². The van der Waals surface area contributed by atoms with E-state index in [1.54, 1.807) is 0 Å². The van der Waals surface area contributed by atoms with E-state index < -0.39 is 0 Å². The van der Waals surface area contributed by atoms with E-state index in [4.69, 9.17) is 0 Å². The lowest BCUT2D eigenvalue weighted by Crippen LogP contribution is -2.20. The molecule has 2 rings (SSSR count). The van der Waals surface area contributed by atoms with Crippen LogP contribution in [0.15, 0.2) is 22.9 Å². The van der Waals surface area contributed by atoms with Crippen LogP contribution in [0.1, 0.15) is 44.6 Å². The fourth-order valence-corrected chi connectivity index (χ4v) is 3.12. The Morgan fingerprint density at radius 2 is 2.06 bits per heavy atom. The molecule has 1 saturated carbocycles. The molecule has 0 aromatic carbocycles. The van der Waals surface area contributed by atoms with Gasteiger partial charge in [-0.05, 0) is 52.4 Å². The van der Waals surface area contributed by atoms with Gasteiger partial charge in [-0.25, -0.2) is 0 Å². The highest BCUT2D eigenvalue weighted by molar-refractivity contribution is 9.10. The lowest BCUT2D eigenvalue weighted by molar-refractivity contribution is 0.275.